The number of piperidine rings is 1. The Bertz CT molecular complexity index is 1170. The van der Waals surface area contributed by atoms with E-state index in [1.165, 1.54) is 16.7 Å². The number of hydrogen-bond acceptors (Lipinski definition) is 6. The largest absolute Gasteiger partial charge is 0.342 e. The predicted molar refractivity (Wildman–Crippen MR) is 128 cm³/mol. The lowest BCUT2D eigenvalue weighted by Crippen LogP contribution is -2.47. The van der Waals surface area contributed by atoms with Gasteiger partial charge in [-0.3, -0.25) is 4.98 Å². The number of nitrogens with zero attached hydrogens (tertiary/aromatic N) is 6. The van der Waals surface area contributed by atoms with Gasteiger partial charge in [0, 0.05) is 50.3 Å². The van der Waals surface area contributed by atoms with E-state index in [1.807, 2.05) is 31.6 Å². The Hall–Kier alpha value is -3.80. The van der Waals surface area contributed by atoms with E-state index >= 15 is 0 Å². The summed E-state index contributed by atoms with van der Waals surface area (Å²) in [6.07, 6.45) is 11.3. The van der Waals surface area contributed by atoms with Gasteiger partial charge in [-0.05, 0) is 53.8 Å². The molecule has 3 aromatic rings. The third kappa shape index (κ3) is 3.91. The highest BCUT2D eigenvalue weighted by atomic mass is 15.4. The molecule has 1 fully saturated rings. The number of aromatic nitrogens is 3. The summed E-state index contributed by atoms with van der Waals surface area (Å²) >= 11 is 0. The summed E-state index contributed by atoms with van der Waals surface area (Å²) in [5.74, 6) is 1.35. The molecule has 1 unspecified atom stereocenters. The summed E-state index contributed by atoms with van der Waals surface area (Å²) in [6.45, 7) is 6.13. The molecule has 0 spiro atoms. The molecule has 1 aromatic carbocycles. The first-order valence-electron chi connectivity index (χ1n) is 10.9. The van der Waals surface area contributed by atoms with Gasteiger partial charge in [0.2, 0.25) is 5.96 Å². The van der Waals surface area contributed by atoms with Crippen LogP contribution < -0.4 is 0 Å². The minimum absolute atomic E-state index is 0.422. The molecule has 0 radical (unpaired) electrons. The second-order valence-electron chi connectivity index (χ2n) is 8.19. The Labute approximate surface area is 188 Å². The van der Waals surface area contributed by atoms with E-state index < -0.39 is 0 Å². The summed E-state index contributed by atoms with van der Waals surface area (Å²) in [7, 11) is 2.03. The molecule has 0 aliphatic carbocycles. The third-order valence-corrected chi connectivity index (χ3v) is 6.20. The Morgan fingerprint density at radius 1 is 1.00 bits per heavy atom. The molecule has 32 heavy (non-hydrogen) atoms. The summed E-state index contributed by atoms with van der Waals surface area (Å²) in [5, 5.41) is 0. The zero-order valence-corrected chi connectivity index (χ0v) is 18.2. The van der Waals surface area contributed by atoms with Crippen LogP contribution in [0, 0.1) is 0 Å². The number of likely N-dealkylation sites (tertiary alicyclic amines) is 1. The maximum absolute atomic E-state index is 4.99. The minimum atomic E-state index is 0.422. The van der Waals surface area contributed by atoms with E-state index in [1.54, 1.807) is 12.5 Å². The van der Waals surface area contributed by atoms with E-state index in [4.69, 9.17) is 4.99 Å². The number of likely N-dealkylation sites (N-methyl/N-ethyl adjacent to an activating group) is 1. The van der Waals surface area contributed by atoms with E-state index in [0.717, 1.165) is 49.0 Å². The standard InChI is InChI=1S/C26H26N6/c1-19-16-25(24-11-14-28-18-29-24)30-26(31(19)2)32-15-5-6-21(17-32)23-8-4-3-7-22(23)20-9-12-27-13-10-20/h3-4,7-14,16,18,21H,1,5-6,15,17H2,2H3. The van der Waals surface area contributed by atoms with Crippen molar-refractivity contribution in [2.24, 2.45) is 4.99 Å². The quantitative estimate of drug-likeness (QED) is 0.619. The zero-order valence-electron chi connectivity index (χ0n) is 18.2. The highest BCUT2D eigenvalue weighted by Crippen LogP contribution is 2.35. The fourth-order valence-corrected chi connectivity index (χ4v) is 4.51. The molecule has 0 saturated carbocycles. The van der Waals surface area contributed by atoms with Crippen molar-refractivity contribution in [2.45, 2.75) is 18.8 Å². The first kappa shape index (κ1) is 20.1. The molecule has 6 heteroatoms. The van der Waals surface area contributed by atoms with Crippen molar-refractivity contribution in [3.63, 3.8) is 0 Å². The number of hydrogen-bond donors (Lipinski definition) is 0. The SMILES string of the molecule is C=C1C=C(c2ccncn2)N=C(N2CCCC(c3ccccc3-c3ccncc3)C2)N1C. The first-order valence-corrected chi connectivity index (χ1v) is 10.9. The number of benzene rings is 1. The maximum atomic E-state index is 4.99. The van der Waals surface area contributed by atoms with E-state index in [2.05, 4.69) is 67.7 Å². The molecule has 2 aromatic heterocycles. The summed E-state index contributed by atoms with van der Waals surface area (Å²) < 4.78 is 0. The number of pyridine rings is 1. The van der Waals surface area contributed by atoms with Gasteiger partial charge < -0.3 is 9.80 Å². The monoisotopic (exact) mass is 422 g/mol. The van der Waals surface area contributed by atoms with Gasteiger partial charge in [0.1, 0.15) is 6.33 Å². The number of guanidine groups is 1. The number of rotatable bonds is 3. The van der Waals surface area contributed by atoms with Gasteiger partial charge in [-0.25, -0.2) is 15.0 Å². The molecule has 1 saturated heterocycles. The second-order valence-corrected chi connectivity index (χ2v) is 8.19. The topological polar surface area (TPSA) is 57.5 Å². The summed E-state index contributed by atoms with van der Waals surface area (Å²) in [4.78, 5) is 22.0. The molecule has 5 rings (SSSR count). The Morgan fingerprint density at radius 3 is 2.62 bits per heavy atom. The van der Waals surface area contributed by atoms with Crippen LogP contribution in [-0.2, 0) is 0 Å². The summed E-state index contributed by atoms with van der Waals surface area (Å²) in [6, 6.07) is 14.8. The minimum Gasteiger partial charge on any atom is -0.342 e. The third-order valence-electron chi connectivity index (χ3n) is 6.20. The van der Waals surface area contributed by atoms with E-state index in [9.17, 15) is 0 Å². The normalized spacial score (nSPS) is 18.9. The van der Waals surface area contributed by atoms with Crippen molar-refractivity contribution in [3.8, 4) is 11.1 Å². The van der Waals surface area contributed by atoms with Crippen molar-refractivity contribution >= 4 is 11.7 Å². The van der Waals surface area contributed by atoms with Crippen molar-refractivity contribution in [1.29, 1.82) is 0 Å². The number of aliphatic imine (C=N–C) groups is 1. The van der Waals surface area contributed by atoms with Crippen LogP contribution in [-0.4, -0.2) is 50.8 Å². The molecule has 2 aliphatic rings. The van der Waals surface area contributed by atoms with Gasteiger partial charge in [-0.2, -0.15) is 0 Å². The van der Waals surface area contributed by atoms with Crippen LogP contribution >= 0.6 is 0 Å². The van der Waals surface area contributed by atoms with Gasteiger partial charge in [0.25, 0.3) is 0 Å². The van der Waals surface area contributed by atoms with E-state index in [-0.39, 0.29) is 0 Å². The fraction of sp³-hybridized carbons (Fsp3) is 0.231. The molecule has 2 aliphatic heterocycles. The van der Waals surface area contributed by atoms with Crippen LogP contribution in [0.15, 0.2) is 90.7 Å². The molecular formula is C26H26N6. The highest BCUT2D eigenvalue weighted by molar-refractivity contribution is 5.90. The van der Waals surface area contributed by atoms with Crippen LogP contribution in [0.5, 0.6) is 0 Å². The highest BCUT2D eigenvalue weighted by Gasteiger charge is 2.29. The van der Waals surface area contributed by atoms with Gasteiger partial charge in [-0.1, -0.05) is 30.8 Å². The molecule has 160 valence electrons. The van der Waals surface area contributed by atoms with Crippen LogP contribution in [0.3, 0.4) is 0 Å². The molecule has 0 bridgehead atoms. The Balaban J connectivity index is 1.45. The lowest BCUT2D eigenvalue weighted by molar-refractivity contribution is 0.284. The van der Waals surface area contributed by atoms with E-state index in [0.29, 0.717) is 5.92 Å². The van der Waals surface area contributed by atoms with Crippen molar-refractivity contribution in [1.82, 2.24) is 24.8 Å². The average molecular weight is 423 g/mol. The zero-order chi connectivity index (χ0) is 21.9. The summed E-state index contributed by atoms with van der Waals surface area (Å²) in [5.41, 5.74) is 6.41. The fourth-order valence-electron chi connectivity index (χ4n) is 4.51. The van der Waals surface area contributed by atoms with Crippen LogP contribution in [0.1, 0.15) is 30.0 Å². The predicted octanol–water partition coefficient (Wildman–Crippen LogP) is 4.57. The van der Waals surface area contributed by atoms with Crippen molar-refractivity contribution in [2.75, 3.05) is 20.1 Å². The van der Waals surface area contributed by atoms with Crippen LogP contribution in [0.4, 0.5) is 0 Å². The van der Waals surface area contributed by atoms with Crippen molar-refractivity contribution < 1.29 is 0 Å². The Kier molecular flexibility index (Phi) is 5.50. The molecule has 6 nitrogen and oxygen atoms in total. The van der Waals surface area contributed by atoms with Gasteiger partial charge in [0.15, 0.2) is 0 Å². The van der Waals surface area contributed by atoms with Crippen LogP contribution in [0.2, 0.25) is 0 Å². The van der Waals surface area contributed by atoms with Crippen LogP contribution in [0.25, 0.3) is 16.8 Å². The Morgan fingerprint density at radius 2 is 1.81 bits per heavy atom. The molecule has 1 atom stereocenters. The lowest BCUT2D eigenvalue weighted by atomic mass is 9.85. The maximum Gasteiger partial charge on any atom is 0.206 e. The molecule has 4 heterocycles. The smallest absolute Gasteiger partial charge is 0.206 e. The lowest BCUT2D eigenvalue weighted by Gasteiger charge is -2.40. The van der Waals surface area contributed by atoms with Gasteiger partial charge in [0.05, 0.1) is 11.4 Å². The first-order chi connectivity index (χ1) is 15.7. The second kappa shape index (κ2) is 8.75. The molecule has 0 amide bonds. The number of allylic oxidation sites excluding steroid dienone is 1. The van der Waals surface area contributed by atoms with Gasteiger partial charge >= 0.3 is 0 Å². The average Bonchev–Trinajstić information content (AvgIpc) is 2.87. The molecular weight excluding hydrogens is 396 g/mol. The molecule has 0 N–H and O–H groups in total. The van der Waals surface area contributed by atoms with Gasteiger partial charge in [-0.15, -0.1) is 0 Å². The van der Waals surface area contributed by atoms with Crippen molar-refractivity contribution in [3.05, 3.63) is 97.0 Å².